The maximum atomic E-state index is 10.9. The number of allylic oxidation sites excluding steroid dienone is 2. The van der Waals surface area contributed by atoms with Crippen molar-refractivity contribution in [2.75, 3.05) is 50.0 Å². The molecule has 9 nitrogen and oxygen atoms in total. The molecule has 0 spiro atoms. The molecule has 4 heterocycles. The molecule has 0 aromatic carbocycles. The summed E-state index contributed by atoms with van der Waals surface area (Å²) in [6, 6.07) is 8.42. The van der Waals surface area contributed by atoms with E-state index < -0.39 is 5.97 Å². The Morgan fingerprint density at radius 2 is 2.00 bits per heavy atom. The Kier molecular flexibility index (Phi) is 7.26. The van der Waals surface area contributed by atoms with E-state index in [0.29, 0.717) is 6.04 Å². The summed E-state index contributed by atoms with van der Waals surface area (Å²) >= 11 is 1.52. The van der Waals surface area contributed by atoms with Crippen LogP contribution in [0.5, 0.6) is 0 Å². The van der Waals surface area contributed by atoms with Gasteiger partial charge in [-0.3, -0.25) is 14.6 Å². The predicted molar refractivity (Wildman–Crippen MR) is 144 cm³/mol. The monoisotopic (exact) mass is 505 g/mol. The first-order chi connectivity index (χ1) is 17.4. The number of aromatic nitrogens is 3. The Bertz CT molecular complexity index is 1300. The number of hydrogen-bond donors (Lipinski definition) is 2. The maximum Gasteiger partial charge on any atom is 0.317 e. The lowest BCUT2D eigenvalue weighted by atomic mass is 10.0. The summed E-state index contributed by atoms with van der Waals surface area (Å²) in [6.07, 6.45) is 9.45. The van der Waals surface area contributed by atoms with E-state index in [1.807, 2.05) is 35.4 Å². The van der Waals surface area contributed by atoms with Gasteiger partial charge < -0.3 is 15.3 Å². The number of carboxylic acid groups (broad SMARTS) is 1. The second-order valence-corrected chi connectivity index (χ2v) is 10.3. The lowest BCUT2D eigenvalue weighted by Crippen LogP contribution is -2.47. The fourth-order valence-electron chi connectivity index (χ4n) is 4.54. The first kappa shape index (κ1) is 24.4. The molecule has 1 saturated heterocycles. The summed E-state index contributed by atoms with van der Waals surface area (Å²) < 4.78 is 0. The first-order valence-electron chi connectivity index (χ1n) is 12.2. The van der Waals surface area contributed by atoms with Crippen molar-refractivity contribution in [3.05, 3.63) is 59.8 Å². The molecular weight excluding hydrogens is 474 g/mol. The molecule has 1 fully saturated rings. The molecule has 1 aliphatic carbocycles. The third kappa shape index (κ3) is 5.89. The zero-order chi connectivity index (χ0) is 25.1. The molecular formula is C26H31N7O2S. The number of piperazine rings is 1. The van der Waals surface area contributed by atoms with Crippen molar-refractivity contribution in [3.8, 4) is 0 Å². The smallest absolute Gasteiger partial charge is 0.317 e. The second-order valence-electron chi connectivity index (χ2n) is 9.35. The molecule has 188 valence electrons. The number of aliphatic carboxylic acids is 1. The normalized spacial score (nSPS) is 18.8. The molecule has 1 aliphatic heterocycles. The molecule has 3 aromatic heterocycles. The van der Waals surface area contributed by atoms with Gasteiger partial charge in [0.05, 0.1) is 12.6 Å². The van der Waals surface area contributed by atoms with Gasteiger partial charge in [-0.2, -0.15) is 0 Å². The van der Waals surface area contributed by atoms with Crippen molar-refractivity contribution >= 4 is 44.4 Å². The van der Waals surface area contributed by atoms with Crippen LogP contribution in [0.2, 0.25) is 0 Å². The topological polar surface area (TPSA) is 97.7 Å². The number of likely N-dealkylation sites (N-methyl/N-ethyl adjacent to an activating group) is 1. The van der Waals surface area contributed by atoms with Crippen LogP contribution >= 0.6 is 11.3 Å². The van der Waals surface area contributed by atoms with Gasteiger partial charge in [0.1, 0.15) is 22.0 Å². The summed E-state index contributed by atoms with van der Waals surface area (Å²) in [7, 11) is 2.08. The molecule has 2 N–H and O–H groups in total. The second kappa shape index (κ2) is 10.7. The highest BCUT2D eigenvalue weighted by molar-refractivity contribution is 7.21. The van der Waals surface area contributed by atoms with Crippen LogP contribution in [0.15, 0.2) is 54.3 Å². The van der Waals surface area contributed by atoms with Gasteiger partial charge in [0.25, 0.3) is 0 Å². The number of rotatable bonds is 8. The van der Waals surface area contributed by atoms with E-state index in [1.54, 1.807) is 0 Å². The minimum absolute atomic E-state index is 0.112. The van der Waals surface area contributed by atoms with Crippen molar-refractivity contribution in [2.45, 2.75) is 25.9 Å². The van der Waals surface area contributed by atoms with Crippen LogP contribution in [0.25, 0.3) is 10.3 Å². The average Bonchev–Trinajstić information content (AvgIpc) is 3.26. The van der Waals surface area contributed by atoms with Crippen LogP contribution in [-0.2, 0) is 11.3 Å². The van der Waals surface area contributed by atoms with E-state index >= 15 is 0 Å². The Balaban J connectivity index is 1.22. The Hall–Kier alpha value is -3.34. The van der Waals surface area contributed by atoms with Gasteiger partial charge in [-0.25, -0.2) is 15.0 Å². The zero-order valence-corrected chi connectivity index (χ0v) is 21.4. The van der Waals surface area contributed by atoms with Crippen LogP contribution in [0.4, 0.5) is 16.8 Å². The van der Waals surface area contributed by atoms with E-state index in [0.717, 1.165) is 71.8 Å². The molecule has 3 aromatic rings. The van der Waals surface area contributed by atoms with Crippen molar-refractivity contribution in [1.82, 2.24) is 24.8 Å². The summed E-state index contributed by atoms with van der Waals surface area (Å²) in [4.78, 5) is 32.4. The molecule has 0 radical (unpaired) electrons. The molecule has 0 unspecified atom stereocenters. The third-order valence-corrected chi connectivity index (χ3v) is 7.53. The van der Waals surface area contributed by atoms with Gasteiger partial charge in [0, 0.05) is 46.0 Å². The highest BCUT2D eigenvalue weighted by atomic mass is 32.1. The SMILES string of the molecule is CC1=CC[C@H](N(C)c2ccc3nc(Nc4cc(CN5CCN(CC(=O)O)CC5)ccn4)sc3n2)C=C1. The number of nitrogens with zero attached hydrogens (tertiary/aromatic N) is 6. The number of nitrogens with one attached hydrogen (secondary N) is 1. The third-order valence-electron chi connectivity index (χ3n) is 6.65. The van der Waals surface area contributed by atoms with Crippen molar-refractivity contribution in [2.24, 2.45) is 0 Å². The van der Waals surface area contributed by atoms with Gasteiger partial charge in [-0.05, 0) is 43.2 Å². The fraction of sp³-hybridized carbons (Fsp3) is 0.385. The highest BCUT2D eigenvalue weighted by Crippen LogP contribution is 2.29. The van der Waals surface area contributed by atoms with Gasteiger partial charge in [0.15, 0.2) is 5.13 Å². The number of carboxylic acids is 1. The van der Waals surface area contributed by atoms with Crippen LogP contribution in [0.3, 0.4) is 0 Å². The molecule has 0 amide bonds. The van der Waals surface area contributed by atoms with Crippen molar-refractivity contribution < 1.29 is 9.90 Å². The fourth-order valence-corrected chi connectivity index (χ4v) is 5.38. The number of carbonyl (C=O) groups is 1. The summed E-state index contributed by atoms with van der Waals surface area (Å²) in [5, 5.41) is 13.1. The summed E-state index contributed by atoms with van der Waals surface area (Å²) in [5.74, 6) is 0.919. The molecule has 5 rings (SSSR count). The molecule has 0 saturated carbocycles. The van der Waals surface area contributed by atoms with Crippen molar-refractivity contribution in [3.63, 3.8) is 0 Å². The van der Waals surface area contributed by atoms with Crippen LogP contribution in [0, 0.1) is 0 Å². The maximum absolute atomic E-state index is 10.9. The number of thiazole rings is 1. The highest BCUT2D eigenvalue weighted by Gasteiger charge is 2.19. The lowest BCUT2D eigenvalue weighted by molar-refractivity contribution is -0.138. The van der Waals surface area contributed by atoms with E-state index in [4.69, 9.17) is 15.1 Å². The largest absolute Gasteiger partial charge is 0.480 e. The standard InChI is InChI=1S/C26H31N7O2S/c1-18-3-5-20(6-4-18)31(2)23-8-7-21-25(30-23)36-26(28-21)29-22-15-19(9-10-27-22)16-32-11-13-33(14-12-32)17-24(34)35/h3-5,7-10,15,20H,6,11-14,16-17H2,1-2H3,(H,34,35)(H,27,28,29)/t20-/m1/s1. The Labute approximate surface area is 214 Å². The van der Waals surface area contributed by atoms with Gasteiger partial charge in [-0.1, -0.05) is 35.1 Å². The lowest BCUT2D eigenvalue weighted by Gasteiger charge is -2.33. The van der Waals surface area contributed by atoms with Crippen molar-refractivity contribution in [1.29, 1.82) is 0 Å². The first-order valence-corrected chi connectivity index (χ1v) is 13.0. The van der Waals surface area contributed by atoms with E-state index in [2.05, 4.69) is 52.3 Å². The molecule has 0 bridgehead atoms. The Morgan fingerprint density at radius 3 is 2.75 bits per heavy atom. The average molecular weight is 506 g/mol. The van der Waals surface area contributed by atoms with E-state index in [-0.39, 0.29) is 6.54 Å². The van der Waals surface area contributed by atoms with Gasteiger partial charge in [-0.15, -0.1) is 0 Å². The molecule has 2 aliphatic rings. The van der Waals surface area contributed by atoms with Crippen LogP contribution in [-0.4, -0.2) is 81.6 Å². The number of pyridine rings is 2. The minimum Gasteiger partial charge on any atom is -0.480 e. The molecule has 1 atom stereocenters. The van der Waals surface area contributed by atoms with E-state index in [9.17, 15) is 4.79 Å². The van der Waals surface area contributed by atoms with Gasteiger partial charge >= 0.3 is 5.97 Å². The summed E-state index contributed by atoms with van der Waals surface area (Å²) in [5.41, 5.74) is 3.33. The van der Waals surface area contributed by atoms with E-state index in [1.165, 1.54) is 16.9 Å². The van der Waals surface area contributed by atoms with Crippen LogP contribution < -0.4 is 10.2 Å². The molecule has 36 heavy (non-hydrogen) atoms. The summed E-state index contributed by atoms with van der Waals surface area (Å²) in [6.45, 7) is 6.28. The van der Waals surface area contributed by atoms with Gasteiger partial charge in [0.2, 0.25) is 0 Å². The minimum atomic E-state index is -0.768. The predicted octanol–water partition coefficient (Wildman–Crippen LogP) is 3.74. The zero-order valence-electron chi connectivity index (χ0n) is 20.6. The number of anilines is 3. The Morgan fingerprint density at radius 1 is 1.19 bits per heavy atom. The van der Waals surface area contributed by atoms with Crippen LogP contribution in [0.1, 0.15) is 18.9 Å². The quantitative estimate of drug-likeness (QED) is 0.474. The number of hydrogen-bond acceptors (Lipinski definition) is 9. The molecule has 10 heteroatoms. The number of fused-ring (bicyclic) bond motifs is 1.